The molecule has 0 saturated heterocycles. The summed E-state index contributed by atoms with van der Waals surface area (Å²) in [5.74, 6) is 0.307. The van der Waals surface area contributed by atoms with Gasteiger partial charge in [0.15, 0.2) is 0 Å². The number of halogens is 3. The monoisotopic (exact) mass is 207 g/mol. The maximum absolute atomic E-state index is 11.8. The van der Waals surface area contributed by atoms with Gasteiger partial charge in [0.05, 0.1) is 0 Å². The van der Waals surface area contributed by atoms with Crippen molar-refractivity contribution in [2.24, 2.45) is 0 Å². The minimum absolute atomic E-state index is 0.307. The van der Waals surface area contributed by atoms with Crippen molar-refractivity contribution in [2.75, 3.05) is 11.4 Å². The van der Waals surface area contributed by atoms with E-state index < -0.39 is 12.6 Å². The number of nitrogens with two attached hydrogens (primary N) is 1. The Morgan fingerprint density at radius 1 is 1.38 bits per heavy atom. The van der Waals surface area contributed by atoms with Gasteiger partial charge < -0.3 is 18.7 Å². The predicted octanol–water partition coefficient (Wildman–Crippen LogP) is 2.14. The van der Waals surface area contributed by atoms with E-state index in [0.29, 0.717) is 10.7 Å². The number of aromatic nitrogens is 1. The van der Waals surface area contributed by atoms with E-state index in [2.05, 4.69) is 4.98 Å². The molecule has 0 saturated carbocycles. The number of nitrogens with zero attached hydrogens (tertiary/aromatic N) is 1. The molecule has 0 fully saturated rings. The number of anilines is 1. The number of hydrogen-bond donors (Lipinski definition) is 1. The van der Waals surface area contributed by atoms with Crippen LogP contribution in [0.1, 0.15) is 0 Å². The van der Waals surface area contributed by atoms with Crippen LogP contribution in [-0.2, 0) is 0 Å². The van der Waals surface area contributed by atoms with Gasteiger partial charge in [0.2, 0.25) is 0 Å². The third kappa shape index (κ3) is 4.07. The van der Waals surface area contributed by atoms with Crippen LogP contribution in [-0.4, -0.2) is 17.6 Å². The van der Waals surface area contributed by atoms with Gasteiger partial charge >= 0.3 is 6.98 Å². The van der Waals surface area contributed by atoms with E-state index >= 15 is 0 Å². The zero-order valence-electron chi connectivity index (χ0n) is 6.58. The van der Waals surface area contributed by atoms with Gasteiger partial charge in [-0.15, -0.1) is 0 Å². The van der Waals surface area contributed by atoms with Crippen molar-refractivity contribution in [3.63, 3.8) is 0 Å². The molecule has 0 aromatic carbocycles. The van der Waals surface area contributed by atoms with Crippen LogP contribution in [0.2, 0.25) is 0 Å². The summed E-state index contributed by atoms with van der Waals surface area (Å²) < 4.78 is 35.5. The molecule has 0 amide bonds. The molecule has 0 radical (unpaired) electrons. The lowest BCUT2D eigenvalue weighted by Crippen LogP contribution is -2.18. The fourth-order valence-electron chi connectivity index (χ4n) is 0.668. The molecule has 0 atom stereocenters. The lowest BCUT2D eigenvalue weighted by Gasteiger charge is -2.12. The molecule has 0 bridgehead atoms. The first-order chi connectivity index (χ1) is 5.97. The van der Waals surface area contributed by atoms with Crippen LogP contribution < -0.4 is 5.73 Å². The molecule has 0 aliphatic rings. The van der Waals surface area contributed by atoms with Crippen molar-refractivity contribution >= 4 is 24.6 Å². The molecule has 1 heterocycles. The summed E-state index contributed by atoms with van der Waals surface area (Å²) in [5.41, 5.74) is 4.43. The van der Waals surface area contributed by atoms with Gasteiger partial charge in [0, 0.05) is 11.1 Å². The second kappa shape index (κ2) is 3.91. The smallest absolute Gasteiger partial charge is 0.448 e. The third-order valence-corrected chi connectivity index (χ3v) is 2.32. The fourth-order valence-corrected chi connectivity index (χ4v) is 1.34. The molecule has 1 aromatic rings. The van der Waals surface area contributed by atoms with Crippen molar-refractivity contribution in [3.05, 3.63) is 18.3 Å². The number of rotatable bonds is 3. The highest BCUT2D eigenvalue weighted by Crippen LogP contribution is 2.23. The zero-order valence-corrected chi connectivity index (χ0v) is 7.40. The minimum atomic E-state index is -4.73. The molecular formula is C6H7BF3N2S-. The topological polar surface area (TPSA) is 38.9 Å². The Bertz CT molecular complexity index is 274. The Hall–Kier alpha value is -0.845. The molecule has 2 nitrogen and oxygen atoms in total. The standard InChI is InChI=1S/C6H7BF3N2S/c8-7(9,10)4-13-5-1-2-6(11)12-3-5/h1-3H,4H2,(H2,11,12)/q-1. The highest BCUT2D eigenvalue weighted by molar-refractivity contribution is 8.00. The molecular weight excluding hydrogens is 200 g/mol. The minimum Gasteiger partial charge on any atom is -0.448 e. The van der Waals surface area contributed by atoms with Crippen LogP contribution in [0, 0.1) is 0 Å². The van der Waals surface area contributed by atoms with Crippen LogP contribution in [0.5, 0.6) is 0 Å². The molecule has 1 aromatic heterocycles. The van der Waals surface area contributed by atoms with Crippen LogP contribution in [0.4, 0.5) is 18.8 Å². The van der Waals surface area contributed by atoms with Crippen molar-refractivity contribution in [2.45, 2.75) is 4.90 Å². The molecule has 0 spiro atoms. The zero-order chi connectivity index (χ0) is 9.90. The van der Waals surface area contributed by atoms with Crippen molar-refractivity contribution < 1.29 is 12.9 Å². The quantitative estimate of drug-likeness (QED) is 0.609. The lowest BCUT2D eigenvalue weighted by molar-refractivity contribution is 0.485. The van der Waals surface area contributed by atoms with Crippen molar-refractivity contribution in [1.82, 2.24) is 4.98 Å². The van der Waals surface area contributed by atoms with Crippen molar-refractivity contribution in [3.8, 4) is 0 Å². The van der Waals surface area contributed by atoms with Gasteiger partial charge in [-0.25, -0.2) is 4.98 Å². The first kappa shape index (κ1) is 10.2. The first-order valence-electron chi connectivity index (χ1n) is 3.53. The fraction of sp³-hybridized carbons (Fsp3) is 0.167. The van der Waals surface area contributed by atoms with E-state index in [4.69, 9.17) is 5.73 Å². The largest absolute Gasteiger partial charge is 0.488 e. The van der Waals surface area contributed by atoms with Crippen LogP contribution in [0.15, 0.2) is 23.2 Å². The summed E-state index contributed by atoms with van der Waals surface area (Å²) in [7, 11) is 0. The van der Waals surface area contributed by atoms with Gasteiger partial charge in [-0.1, -0.05) is 0 Å². The van der Waals surface area contributed by atoms with Gasteiger partial charge in [-0.3, -0.25) is 0 Å². The van der Waals surface area contributed by atoms with Gasteiger partial charge in [0.25, 0.3) is 0 Å². The Balaban J connectivity index is 2.51. The van der Waals surface area contributed by atoms with Gasteiger partial charge in [0.1, 0.15) is 5.82 Å². The molecule has 0 unspecified atom stereocenters. The van der Waals surface area contributed by atoms with Gasteiger partial charge in [-0.05, 0) is 17.8 Å². The molecule has 13 heavy (non-hydrogen) atoms. The average molecular weight is 207 g/mol. The van der Waals surface area contributed by atoms with E-state index in [0.717, 1.165) is 11.8 Å². The van der Waals surface area contributed by atoms with Crippen LogP contribution in [0.3, 0.4) is 0 Å². The van der Waals surface area contributed by atoms with Crippen LogP contribution >= 0.6 is 11.8 Å². The highest BCUT2D eigenvalue weighted by Gasteiger charge is 2.22. The van der Waals surface area contributed by atoms with Crippen LogP contribution in [0.25, 0.3) is 0 Å². The number of nitrogen functional groups attached to an aromatic ring is 1. The average Bonchev–Trinajstić information content (AvgIpc) is 2.02. The van der Waals surface area contributed by atoms with E-state index in [-0.39, 0.29) is 0 Å². The maximum Gasteiger partial charge on any atom is 0.488 e. The van der Waals surface area contributed by atoms with E-state index in [1.54, 1.807) is 0 Å². The maximum atomic E-state index is 11.8. The second-order valence-electron chi connectivity index (χ2n) is 2.44. The summed E-state index contributed by atoms with van der Waals surface area (Å²) in [6.45, 7) is -4.73. The lowest BCUT2D eigenvalue weighted by atomic mass is 9.98. The van der Waals surface area contributed by atoms with E-state index in [1.807, 2.05) is 0 Å². The highest BCUT2D eigenvalue weighted by atomic mass is 32.2. The molecule has 0 aliphatic heterocycles. The summed E-state index contributed by atoms with van der Waals surface area (Å²) in [5, 5.41) is 0. The Morgan fingerprint density at radius 2 is 2.08 bits per heavy atom. The SMILES string of the molecule is Nc1ccc(SC[B-](F)(F)F)cn1. The summed E-state index contributed by atoms with van der Waals surface area (Å²) in [6.07, 6.45) is 1.34. The molecule has 0 aliphatic carbocycles. The Labute approximate surface area is 77.8 Å². The summed E-state index contributed by atoms with van der Waals surface area (Å²) in [4.78, 5) is 4.16. The van der Waals surface area contributed by atoms with Crippen molar-refractivity contribution in [1.29, 1.82) is 0 Å². The summed E-state index contributed by atoms with van der Waals surface area (Å²) >= 11 is 0.721. The number of thioether (sulfide) groups is 1. The normalized spacial score (nSPS) is 11.6. The molecule has 1 rings (SSSR count). The predicted molar refractivity (Wildman–Crippen MR) is 48.5 cm³/mol. The number of hydrogen-bond acceptors (Lipinski definition) is 3. The first-order valence-corrected chi connectivity index (χ1v) is 4.51. The summed E-state index contributed by atoms with van der Waals surface area (Å²) in [6, 6.07) is 3.00. The number of pyridine rings is 1. The Kier molecular flexibility index (Phi) is 3.08. The van der Waals surface area contributed by atoms with E-state index in [9.17, 15) is 12.9 Å². The molecule has 7 heteroatoms. The third-order valence-electron chi connectivity index (χ3n) is 1.20. The molecule has 2 N–H and O–H groups in total. The van der Waals surface area contributed by atoms with Gasteiger partial charge in [-0.2, -0.15) is 11.8 Å². The second-order valence-corrected chi connectivity index (χ2v) is 3.53. The Morgan fingerprint density at radius 3 is 2.54 bits per heavy atom. The molecule has 72 valence electrons. The van der Waals surface area contributed by atoms with E-state index in [1.165, 1.54) is 18.3 Å².